The number of amides is 1. The Morgan fingerprint density at radius 3 is 2.52 bits per heavy atom. The van der Waals surface area contributed by atoms with Gasteiger partial charge in [0.25, 0.3) is 0 Å². The summed E-state index contributed by atoms with van der Waals surface area (Å²) >= 11 is 6.97. The van der Waals surface area contributed by atoms with E-state index < -0.39 is 5.69 Å². The number of aromatic nitrogens is 4. The number of pyridine rings is 2. The molecule has 40 heavy (non-hydrogen) atoms. The minimum Gasteiger partial charge on any atom is -0.349 e. The highest BCUT2D eigenvalue weighted by Gasteiger charge is 2.34. The van der Waals surface area contributed by atoms with Crippen LogP contribution in [0.2, 0.25) is 5.02 Å². The predicted molar refractivity (Wildman–Crippen MR) is 161 cm³/mol. The number of hydrogen-bond acceptors (Lipinski definition) is 6. The van der Waals surface area contributed by atoms with Crippen molar-refractivity contribution in [2.45, 2.75) is 90.6 Å². The lowest BCUT2D eigenvalue weighted by Crippen LogP contribution is -2.58. The number of anilines is 1. The van der Waals surface area contributed by atoms with Gasteiger partial charge in [-0.05, 0) is 63.3 Å². The second-order valence-electron chi connectivity index (χ2n) is 11.7. The molecule has 4 heterocycles. The Kier molecular flexibility index (Phi) is 8.00. The summed E-state index contributed by atoms with van der Waals surface area (Å²) in [6.07, 6.45) is 8.74. The normalized spacial score (nSPS) is 20.4. The summed E-state index contributed by atoms with van der Waals surface area (Å²) in [6, 6.07) is 3.71. The highest BCUT2D eigenvalue weighted by atomic mass is 35.5. The van der Waals surface area contributed by atoms with Crippen molar-refractivity contribution in [1.82, 2.24) is 24.4 Å². The topological polar surface area (TPSA) is 84.2 Å². The Balaban J connectivity index is 1.76. The van der Waals surface area contributed by atoms with Crippen LogP contribution < -0.4 is 10.6 Å². The smallest absolute Gasteiger partial charge is 0.349 e. The minimum absolute atomic E-state index is 0.0748. The predicted octanol–water partition coefficient (Wildman–Crippen LogP) is 5.92. The van der Waals surface area contributed by atoms with Gasteiger partial charge >= 0.3 is 5.69 Å². The summed E-state index contributed by atoms with van der Waals surface area (Å²) in [5.74, 6) is 0.816. The number of hydrogen-bond donors (Lipinski definition) is 0. The molecule has 0 aromatic carbocycles. The molecule has 2 aliphatic rings. The van der Waals surface area contributed by atoms with E-state index in [0.717, 1.165) is 53.7 Å². The molecule has 3 aromatic heterocycles. The molecular formula is C31H39ClN6O2. The van der Waals surface area contributed by atoms with Gasteiger partial charge in [0.2, 0.25) is 5.91 Å². The lowest BCUT2D eigenvalue weighted by Gasteiger charge is -2.44. The molecule has 0 bridgehead atoms. The first-order valence-corrected chi connectivity index (χ1v) is 14.8. The summed E-state index contributed by atoms with van der Waals surface area (Å²) in [5, 5.41) is 1.34. The van der Waals surface area contributed by atoms with Crippen molar-refractivity contribution in [3.8, 4) is 5.69 Å². The lowest BCUT2D eigenvalue weighted by molar-refractivity contribution is -0.128. The Morgan fingerprint density at radius 1 is 1.12 bits per heavy atom. The van der Waals surface area contributed by atoms with Crippen LogP contribution in [0.5, 0.6) is 0 Å². The van der Waals surface area contributed by atoms with E-state index in [4.69, 9.17) is 16.6 Å². The van der Waals surface area contributed by atoms with Gasteiger partial charge in [-0.2, -0.15) is 4.98 Å². The number of nitrogens with zero attached hydrogens (tertiary/aromatic N) is 6. The van der Waals surface area contributed by atoms with Crippen molar-refractivity contribution >= 4 is 34.4 Å². The van der Waals surface area contributed by atoms with Crippen molar-refractivity contribution in [3.05, 3.63) is 63.4 Å². The van der Waals surface area contributed by atoms with Crippen LogP contribution in [0.15, 0.2) is 35.8 Å². The van der Waals surface area contributed by atoms with Crippen LogP contribution in [0.1, 0.15) is 88.6 Å². The fourth-order valence-electron chi connectivity index (χ4n) is 6.33. The van der Waals surface area contributed by atoms with Crippen LogP contribution >= 0.6 is 11.6 Å². The van der Waals surface area contributed by atoms with E-state index in [1.807, 2.05) is 37.8 Å². The number of carbonyl (C=O) groups excluding carboxylic acids is 1. The molecule has 2 unspecified atom stereocenters. The van der Waals surface area contributed by atoms with Gasteiger partial charge in [-0.3, -0.25) is 9.78 Å². The summed E-state index contributed by atoms with van der Waals surface area (Å²) in [7, 11) is 0. The molecule has 1 saturated heterocycles. The summed E-state index contributed by atoms with van der Waals surface area (Å²) < 4.78 is 1.64. The van der Waals surface area contributed by atoms with Gasteiger partial charge in [-0.1, -0.05) is 51.3 Å². The molecule has 9 heteroatoms. The van der Waals surface area contributed by atoms with Crippen molar-refractivity contribution < 1.29 is 4.79 Å². The summed E-state index contributed by atoms with van der Waals surface area (Å²) in [6.45, 7) is 14.9. The number of carbonyl (C=O) groups is 1. The molecule has 1 amide bonds. The zero-order valence-electron chi connectivity index (χ0n) is 24.2. The molecule has 1 aliphatic heterocycles. The van der Waals surface area contributed by atoms with Crippen molar-refractivity contribution in [2.75, 3.05) is 18.0 Å². The zero-order valence-corrected chi connectivity index (χ0v) is 24.9. The van der Waals surface area contributed by atoms with Gasteiger partial charge in [0.05, 0.1) is 27.5 Å². The molecule has 0 radical (unpaired) electrons. The number of aryl methyl sites for hydroxylation is 1. The SMILES string of the molecule is C=CC(=O)N1CC(C)N(c2nc(=O)n(-c3c(C)ccnc3C(C)C)c3nc(C4CCCCC4)c(Cl)cc23)CC1C. The first kappa shape index (κ1) is 28.3. The summed E-state index contributed by atoms with van der Waals surface area (Å²) in [5.41, 5.74) is 3.52. The standard InChI is InChI=1S/C31H39ClN6O2/c1-7-25(39)36-16-21(6)37(17-20(36)5)29-23-15-24(32)27(22-11-9-8-10-12-22)34-30(23)38(31(40)35-29)28-19(4)13-14-33-26(28)18(2)3/h7,13-15,18,20-22H,1,8-12,16-17H2,2-6H3. The van der Waals surface area contributed by atoms with E-state index in [0.29, 0.717) is 29.6 Å². The quantitative estimate of drug-likeness (QED) is 0.359. The largest absolute Gasteiger partial charge is 0.355 e. The molecule has 1 saturated carbocycles. The Hall–Kier alpha value is -3.26. The van der Waals surface area contributed by atoms with Gasteiger partial charge in [-0.25, -0.2) is 14.3 Å². The maximum Gasteiger partial charge on any atom is 0.355 e. The van der Waals surface area contributed by atoms with Gasteiger partial charge in [-0.15, -0.1) is 0 Å². The van der Waals surface area contributed by atoms with E-state index in [1.165, 1.54) is 12.5 Å². The zero-order chi connectivity index (χ0) is 28.7. The van der Waals surface area contributed by atoms with Crippen LogP contribution in [0, 0.1) is 6.92 Å². The average Bonchev–Trinajstić information content (AvgIpc) is 2.94. The lowest BCUT2D eigenvalue weighted by atomic mass is 9.86. The number of rotatable bonds is 5. The molecule has 5 rings (SSSR count). The number of halogens is 1. The molecule has 2 atom stereocenters. The van der Waals surface area contributed by atoms with Gasteiger partial charge in [0.1, 0.15) is 5.82 Å². The van der Waals surface area contributed by atoms with Crippen LogP contribution in [-0.2, 0) is 4.79 Å². The molecule has 1 aliphatic carbocycles. The molecule has 2 fully saturated rings. The van der Waals surface area contributed by atoms with E-state index >= 15 is 0 Å². The molecule has 0 N–H and O–H groups in total. The molecule has 3 aromatic rings. The van der Waals surface area contributed by atoms with Gasteiger partial charge in [0, 0.05) is 37.3 Å². The first-order valence-electron chi connectivity index (χ1n) is 14.4. The third-order valence-corrected chi connectivity index (χ3v) is 8.76. The van der Waals surface area contributed by atoms with Gasteiger partial charge < -0.3 is 9.80 Å². The third-order valence-electron chi connectivity index (χ3n) is 8.46. The molecule has 0 spiro atoms. The van der Waals surface area contributed by atoms with Crippen LogP contribution in [0.25, 0.3) is 16.7 Å². The Bertz CT molecular complexity index is 1510. The van der Waals surface area contributed by atoms with Crippen LogP contribution in [-0.4, -0.2) is 55.5 Å². The second kappa shape index (κ2) is 11.3. The molecule has 212 valence electrons. The highest BCUT2D eigenvalue weighted by molar-refractivity contribution is 6.32. The van der Waals surface area contributed by atoms with E-state index in [-0.39, 0.29) is 29.8 Å². The second-order valence-corrected chi connectivity index (χ2v) is 12.1. The minimum atomic E-state index is -0.394. The van der Waals surface area contributed by atoms with E-state index in [2.05, 4.69) is 35.3 Å². The average molecular weight is 563 g/mol. The van der Waals surface area contributed by atoms with Crippen molar-refractivity contribution in [1.29, 1.82) is 0 Å². The maximum atomic E-state index is 14.1. The van der Waals surface area contributed by atoms with Crippen molar-refractivity contribution in [3.63, 3.8) is 0 Å². The highest BCUT2D eigenvalue weighted by Crippen LogP contribution is 2.39. The Labute approximate surface area is 241 Å². The fourth-order valence-corrected chi connectivity index (χ4v) is 6.64. The fraction of sp³-hybridized carbons (Fsp3) is 0.516. The maximum absolute atomic E-state index is 14.1. The Morgan fingerprint density at radius 2 is 1.85 bits per heavy atom. The number of piperazine rings is 1. The monoisotopic (exact) mass is 562 g/mol. The van der Waals surface area contributed by atoms with E-state index in [1.54, 1.807) is 10.8 Å². The first-order chi connectivity index (χ1) is 19.1. The van der Waals surface area contributed by atoms with Crippen LogP contribution in [0.3, 0.4) is 0 Å². The van der Waals surface area contributed by atoms with Crippen molar-refractivity contribution in [2.24, 2.45) is 0 Å². The molecular weight excluding hydrogens is 524 g/mol. The number of fused-ring (bicyclic) bond motifs is 1. The van der Waals surface area contributed by atoms with Gasteiger partial charge in [0.15, 0.2) is 5.65 Å². The van der Waals surface area contributed by atoms with E-state index in [9.17, 15) is 9.59 Å². The van der Waals surface area contributed by atoms with Crippen LogP contribution in [0.4, 0.5) is 5.82 Å². The third kappa shape index (κ3) is 5.02. The molecule has 8 nitrogen and oxygen atoms in total. The summed E-state index contributed by atoms with van der Waals surface area (Å²) in [4.78, 5) is 45.0.